The molecule has 0 radical (unpaired) electrons. The lowest BCUT2D eigenvalue weighted by atomic mass is 9.74. The van der Waals surface area contributed by atoms with Crippen molar-refractivity contribution in [3.8, 4) is 0 Å². The molecule has 1 heteroatoms. The van der Waals surface area contributed by atoms with Gasteiger partial charge in [-0.3, -0.25) is 0 Å². The van der Waals surface area contributed by atoms with Gasteiger partial charge in [-0.25, -0.2) is 0 Å². The van der Waals surface area contributed by atoms with Gasteiger partial charge in [0.2, 0.25) is 0 Å². The van der Waals surface area contributed by atoms with Gasteiger partial charge in [-0.2, -0.15) is 0 Å². The van der Waals surface area contributed by atoms with Crippen molar-refractivity contribution in [1.29, 1.82) is 0 Å². The summed E-state index contributed by atoms with van der Waals surface area (Å²) in [6.45, 7) is 0. The van der Waals surface area contributed by atoms with Crippen LogP contribution in [0, 0.1) is 11.8 Å². The van der Waals surface area contributed by atoms with E-state index in [4.69, 9.17) is 0 Å². The zero-order chi connectivity index (χ0) is 7.68. The molecule has 2 aliphatic carbocycles. The molecular formula is C10H15I. The largest absolute Gasteiger partial charge is 0.0882 e. The molecule has 0 amide bonds. The van der Waals surface area contributed by atoms with E-state index in [1.807, 2.05) is 0 Å². The van der Waals surface area contributed by atoms with E-state index in [0.29, 0.717) is 0 Å². The third-order valence-corrected chi connectivity index (χ3v) is 4.53. The Balaban J connectivity index is 2.09. The Morgan fingerprint density at radius 3 is 2.91 bits per heavy atom. The number of alkyl halides is 1. The number of halogens is 1. The van der Waals surface area contributed by atoms with Crippen molar-refractivity contribution in [2.75, 3.05) is 0 Å². The van der Waals surface area contributed by atoms with Crippen LogP contribution in [0.2, 0.25) is 0 Å². The van der Waals surface area contributed by atoms with Crippen molar-refractivity contribution < 1.29 is 0 Å². The molecule has 0 bridgehead atoms. The highest BCUT2D eigenvalue weighted by molar-refractivity contribution is 14.1. The molecule has 0 spiro atoms. The zero-order valence-electron chi connectivity index (χ0n) is 6.80. The molecule has 0 aromatic rings. The summed E-state index contributed by atoms with van der Waals surface area (Å²) in [6, 6.07) is 0. The maximum Gasteiger partial charge on any atom is 0.0175 e. The zero-order valence-corrected chi connectivity index (χ0v) is 8.96. The number of hydrogen-bond donors (Lipinski definition) is 0. The lowest BCUT2D eigenvalue weighted by molar-refractivity contribution is 0.274. The van der Waals surface area contributed by atoms with Gasteiger partial charge in [0.1, 0.15) is 0 Å². The summed E-state index contributed by atoms with van der Waals surface area (Å²) in [5.74, 6) is 1.97. The van der Waals surface area contributed by atoms with Crippen molar-refractivity contribution in [1.82, 2.24) is 0 Å². The van der Waals surface area contributed by atoms with Gasteiger partial charge in [0.25, 0.3) is 0 Å². The molecule has 0 N–H and O–H groups in total. The molecule has 2 aliphatic rings. The quantitative estimate of drug-likeness (QED) is 0.356. The van der Waals surface area contributed by atoms with E-state index >= 15 is 0 Å². The summed E-state index contributed by atoms with van der Waals surface area (Å²) < 4.78 is 0.933. The fraction of sp³-hybridized carbons (Fsp3) is 0.800. The fourth-order valence-electron chi connectivity index (χ4n) is 2.43. The van der Waals surface area contributed by atoms with Crippen molar-refractivity contribution in [2.45, 2.75) is 36.0 Å². The molecule has 0 heterocycles. The van der Waals surface area contributed by atoms with Crippen LogP contribution in [-0.2, 0) is 0 Å². The summed E-state index contributed by atoms with van der Waals surface area (Å²) in [5, 5.41) is 0. The van der Waals surface area contributed by atoms with E-state index in [9.17, 15) is 0 Å². The van der Waals surface area contributed by atoms with Gasteiger partial charge < -0.3 is 0 Å². The topological polar surface area (TPSA) is 0 Å². The van der Waals surface area contributed by atoms with Crippen LogP contribution in [0.25, 0.3) is 0 Å². The molecule has 3 atom stereocenters. The van der Waals surface area contributed by atoms with Crippen LogP contribution in [0.5, 0.6) is 0 Å². The number of fused-ring (bicyclic) bond motifs is 1. The first kappa shape index (κ1) is 8.09. The van der Waals surface area contributed by atoms with Crippen molar-refractivity contribution >= 4 is 22.6 Å². The molecule has 0 aliphatic heterocycles. The Hall–Kier alpha value is 0.470. The van der Waals surface area contributed by atoms with Gasteiger partial charge in [0.05, 0.1) is 0 Å². The van der Waals surface area contributed by atoms with Crippen LogP contribution in [-0.4, -0.2) is 3.92 Å². The summed E-state index contributed by atoms with van der Waals surface area (Å²) >= 11 is 2.64. The van der Waals surface area contributed by atoms with E-state index in [-0.39, 0.29) is 0 Å². The van der Waals surface area contributed by atoms with E-state index < -0.39 is 0 Å². The molecule has 2 rings (SSSR count). The molecule has 3 unspecified atom stereocenters. The normalized spacial score (nSPS) is 43.5. The number of rotatable bonds is 0. The average molecular weight is 262 g/mol. The van der Waals surface area contributed by atoms with Crippen molar-refractivity contribution in [3.05, 3.63) is 12.2 Å². The molecule has 11 heavy (non-hydrogen) atoms. The van der Waals surface area contributed by atoms with Crippen LogP contribution in [0.1, 0.15) is 32.1 Å². The minimum atomic E-state index is 0.929. The fourth-order valence-corrected chi connectivity index (χ4v) is 3.70. The van der Waals surface area contributed by atoms with E-state index in [2.05, 4.69) is 34.7 Å². The van der Waals surface area contributed by atoms with Gasteiger partial charge in [-0.1, -0.05) is 41.2 Å². The first-order valence-corrected chi connectivity index (χ1v) is 5.93. The first-order chi connectivity index (χ1) is 5.38. The van der Waals surface area contributed by atoms with Crippen LogP contribution >= 0.6 is 22.6 Å². The minimum Gasteiger partial charge on any atom is -0.0882 e. The molecule has 0 aromatic heterocycles. The van der Waals surface area contributed by atoms with Gasteiger partial charge in [-0.15, -0.1) is 0 Å². The van der Waals surface area contributed by atoms with Crippen LogP contribution in [0.3, 0.4) is 0 Å². The average Bonchev–Trinajstić information content (AvgIpc) is 2.06. The van der Waals surface area contributed by atoms with Gasteiger partial charge >= 0.3 is 0 Å². The minimum absolute atomic E-state index is 0.929. The summed E-state index contributed by atoms with van der Waals surface area (Å²) in [5.41, 5.74) is 0. The Morgan fingerprint density at radius 2 is 2.09 bits per heavy atom. The van der Waals surface area contributed by atoms with Crippen molar-refractivity contribution in [3.63, 3.8) is 0 Å². The summed E-state index contributed by atoms with van der Waals surface area (Å²) in [6.07, 6.45) is 12.1. The Labute approximate surface area is 82.6 Å². The standard InChI is InChI=1S/C10H15I/c11-10-7-3-5-8-4-1-2-6-9(8)10/h2,6,8-10H,1,3-5,7H2. The molecule has 0 saturated heterocycles. The molecule has 1 saturated carbocycles. The molecule has 1 fully saturated rings. The Morgan fingerprint density at radius 1 is 1.18 bits per heavy atom. The van der Waals surface area contributed by atoms with E-state index in [0.717, 1.165) is 15.8 Å². The summed E-state index contributed by atoms with van der Waals surface area (Å²) in [7, 11) is 0. The van der Waals surface area contributed by atoms with Gasteiger partial charge in [0, 0.05) is 3.92 Å². The molecule has 62 valence electrons. The van der Waals surface area contributed by atoms with Crippen LogP contribution in [0.4, 0.5) is 0 Å². The third-order valence-electron chi connectivity index (χ3n) is 3.08. The molecular weight excluding hydrogens is 247 g/mol. The third kappa shape index (κ3) is 1.63. The van der Waals surface area contributed by atoms with E-state index in [1.54, 1.807) is 0 Å². The predicted octanol–water partition coefficient (Wildman–Crippen LogP) is 3.56. The second-order valence-electron chi connectivity index (χ2n) is 3.79. The highest BCUT2D eigenvalue weighted by atomic mass is 127. The SMILES string of the molecule is IC1CCCC2CCC=CC12. The maximum atomic E-state index is 2.64. The van der Waals surface area contributed by atoms with Crippen LogP contribution < -0.4 is 0 Å². The number of hydrogen-bond acceptors (Lipinski definition) is 0. The summed E-state index contributed by atoms with van der Waals surface area (Å²) in [4.78, 5) is 0. The highest BCUT2D eigenvalue weighted by Gasteiger charge is 2.30. The van der Waals surface area contributed by atoms with Crippen molar-refractivity contribution in [2.24, 2.45) is 11.8 Å². The smallest absolute Gasteiger partial charge is 0.0175 e. The highest BCUT2D eigenvalue weighted by Crippen LogP contribution is 2.40. The predicted molar refractivity (Wildman–Crippen MR) is 57.0 cm³/mol. The molecule has 0 nitrogen and oxygen atoms in total. The Bertz CT molecular complexity index is 162. The lowest BCUT2D eigenvalue weighted by Crippen LogP contribution is -2.28. The van der Waals surface area contributed by atoms with Gasteiger partial charge in [0.15, 0.2) is 0 Å². The maximum absolute atomic E-state index is 2.64. The van der Waals surface area contributed by atoms with Gasteiger partial charge in [-0.05, 0) is 37.5 Å². The second-order valence-corrected chi connectivity index (χ2v) is 5.39. The molecule has 0 aromatic carbocycles. The second kappa shape index (κ2) is 3.46. The first-order valence-electron chi connectivity index (χ1n) is 4.68. The number of allylic oxidation sites excluding steroid dienone is 2. The van der Waals surface area contributed by atoms with E-state index in [1.165, 1.54) is 32.1 Å². The van der Waals surface area contributed by atoms with Crippen LogP contribution in [0.15, 0.2) is 12.2 Å². The lowest BCUT2D eigenvalue weighted by Gasteiger charge is -2.35. The Kier molecular flexibility index (Phi) is 2.54. The monoisotopic (exact) mass is 262 g/mol.